The highest BCUT2D eigenvalue weighted by molar-refractivity contribution is 9.10. The van der Waals surface area contributed by atoms with E-state index in [1.54, 1.807) is 0 Å². The van der Waals surface area contributed by atoms with Gasteiger partial charge in [0.15, 0.2) is 5.82 Å². The highest BCUT2D eigenvalue weighted by atomic mass is 79.9. The van der Waals surface area contributed by atoms with Crippen LogP contribution in [0.3, 0.4) is 0 Å². The molecule has 0 atom stereocenters. The van der Waals surface area contributed by atoms with Crippen LogP contribution >= 0.6 is 27.5 Å². The van der Waals surface area contributed by atoms with Gasteiger partial charge in [-0.3, -0.25) is 0 Å². The fourth-order valence-corrected chi connectivity index (χ4v) is 2.54. The van der Waals surface area contributed by atoms with Gasteiger partial charge in [-0.25, -0.2) is 9.97 Å². The van der Waals surface area contributed by atoms with E-state index in [9.17, 15) is 0 Å². The van der Waals surface area contributed by atoms with E-state index >= 15 is 0 Å². The minimum absolute atomic E-state index is 0.130. The predicted octanol–water partition coefficient (Wildman–Crippen LogP) is 5.30. The van der Waals surface area contributed by atoms with Crippen LogP contribution in [0, 0.1) is 0 Å². The molecule has 3 nitrogen and oxygen atoms in total. The van der Waals surface area contributed by atoms with E-state index in [0.717, 1.165) is 34.3 Å². The lowest BCUT2D eigenvalue weighted by atomic mass is 10.2. The molecule has 0 amide bonds. The Labute approximate surface area is 138 Å². The van der Waals surface area contributed by atoms with Crippen LogP contribution in [0.25, 0.3) is 11.4 Å². The largest absolute Gasteiger partial charge is 0.491 e. The minimum atomic E-state index is 0.130. The number of hydrogen-bond donors (Lipinski definition) is 0. The van der Waals surface area contributed by atoms with Crippen LogP contribution in [0.2, 0.25) is 5.15 Å². The second-order valence-electron chi connectivity index (χ2n) is 5.04. The standard InChI is InChI=1S/C16H18BrClN2O/c1-4-6-13-14(17)15(18)20-16(19-13)11-7-5-8-12(9-11)21-10(2)3/h5,7-10H,4,6H2,1-3H3. The number of aryl methyl sites for hydroxylation is 1. The van der Waals surface area contributed by atoms with E-state index in [1.165, 1.54) is 0 Å². The molecule has 0 N–H and O–H groups in total. The Balaban J connectivity index is 2.41. The molecule has 0 radical (unpaired) electrons. The third kappa shape index (κ3) is 4.17. The van der Waals surface area contributed by atoms with Crippen LogP contribution in [-0.4, -0.2) is 16.1 Å². The van der Waals surface area contributed by atoms with Gasteiger partial charge >= 0.3 is 0 Å². The summed E-state index contributed by atoms with van der Waals surface area (Å²) in [6, 6.07) is 7.76. The van der Waals surface area contributed by atoms with Crippen molar-refractivity contribution in [3.05, 3.63) is 39.6 Å². The summed E-state index contributed by atoms with van der Waals surface area (Å²) in [6.45, 7) is 6.11. The van der Waals surface area contributed by atoms with Crippen molar-refractivity contribution in [2.45, 2.75) is 39.7 Å². The number of benzene rings is 1. The smallest absolute Gasteiger partial charge is 0.161 e. The molecule has 1 aromatic carbocycles. The van der Waals surface area contributed by atoms with Crippen LogP contribution < -0.4 is 4.74 Å². The molecule has 0 unspecified atom stereocenters. The van der Waals surface area contributed by atoms with Gasteiger partial charge in [0, 0.05) is 5.56 Å². The fraction of sp³-hybridized carbons (Fsp3) is 0.375. The molecular weight excluding hydrogens is 352 g/mol. The van der Waals surface area contributed by atoms with Gasteiger partial charge < -0.3 is 4.74 Å². The number of nitrogens with zero attached hydrogens (tertiary/aromatic N) is 2. The molecule has 1 aromatic heterocycles. The van der Waals surface area contributed by atoms with E-state index in [4.69, 9.17) is 16.3 Å². The lowest BCUT2D eigenvalue weighted by Gasteiger charge is -2.11. The Bertz CT molecular complexity index is 632. The highest BCUT2D eigenvalue weighted by Gasteiger charge is 2.12. The summed E-state index contributed by atoms with van der Waals surface area (Å²) in [5.74, 6) is 1.43. The first-order chi connectivity index (χ1) is 10.0. The molecule has 21 heavy (non-hydrogen) atoms. The van der Waals surface area contributed by atoms with E-state index < -0.39 is 0 Å². The van der Waals surface area contributed by atoms with Crippen molar-refractivity contribution in [2.24, 2.45) is 0 Å². The van der Waals surface area contributed by atoms with Crippen molar-refractivity contribution >= 4 is 27.5 Å². The lowest BCUT2D eigenvalue weighted by molar-refractivity contribution is 0.242. The van der Waals surface area contributed by atoms with E-state index in [0.29, 0.717) is 11.0 Å². The van der Waals surface area contributed by atoms with E-state index in [1.807, 2.05) is 38.1 Å². The first-order valence-corrected chi connectivity index (χ1v) is 8.17. The van der Waals surface area contributed by atoms with Crippen LogP contribution in [-0.2, 0) is 6.42 Å². The van der Waals surface area contributed by atoms with Gasteiger partial charge in [0.2, 0.25) is 0 Å². The van der Waals surface area contributed by atoms with Crippen LogP contribution in [0.4, 0.5) is 0 Å². The van der Waals surface area contributed by atoms with Crippen LogP contribution in [0.5, 0.6) is 5.75 Å². The second kappa shape index (κ2) is 7.23. The van der Waals surface area contributed by atoms with Crippen LogP contribution in [0.15, 0.2) is 28.7 Å². The topological polar surface area (TPSA) is 35.0 Å². The third-order valence-electron chi connectivity index (χ3n) is 2.83. The Morgan fingerprint density at radius 3 is 2.71 bits per heavy atom. The summed E-state index contributed by atoms with van der Waals surface area (Å²) in [7, 11) is 0. The summed E-state index contributed by atoms with van der Waals surface area (Å²) in [6.07, 6.45) is 1.99. The maximum absolute atomic E-state index is 6.20. The summed E-state index contributed by atoms with van der Waals surface area (Å²) < 4.78 is 6.49. The Morgan fingerprint density at radius 1 is 1.29 bits per heavy atom. The summed E-state index contributed by atoms with van der Waals surface area (Å²) in [4.78, 5) is 8.97. The molecule has 0 fully saturated rings. The molecule has 0 aliphatic rings. The van der Waals surface area contributed by atoms with Gasteiger partial charge in [-0.05, 0) is 48.3 Å². The van der Waals surface area contributed by atoms with Crippen molar-refractivity contribution in [3.63, 3.8) is 0 Å². The van der Waals surface area contributed by atoms with E-state index in [2.05, 4.69) is 32.8 Å². The molecule has 112 valence electrons. The molecular formula is C16H18BrClN2O. The van der Waals surface area contributed by atoms with Gasteiger partial charge in [-0.15, -0.1) is 0 Å². The van der Waals surface area contributed by atoms with Gasteiger partial charge in [-0.1, -0.05) is 37.1 Å². The maximum Gasteiger partial charge on any atom is 0.161 e. The Kier molecular flexibility index (Phi) is 5.59. The number of ether oxygens (including phenoxy) is 1. The Morgan fingerprint density at radius 2 is 2.05 bits per heavy atom. The first-order valence-electron chi connectivity index (χ1n) is 7.00. The number of aromatic nitrogens is 2. The number of halogens is 2. The first kappa shape index (κ1) is 16.2. The molecule has 0 aliphatic carbocycles. The SMILES string of the molecule is CCCc1nc(-c2cccc(OC(C)C)c2)nc(Cl)c1Br. The molecule has 0 saturated carbocycles. The van der Waals surface area contributed by atoms with Gasteiger partial charge in [-0.2, -0.15) is 0 Å². The predicted molar refractivity (Wildman–Crippen MR) is 89.9 cm³/mol. The molecule has 1 heterocycles. The number of rotatable bonds is 5. The molecule has 0 aliphatic heterocycles. The summed E-state index contributed by atoms with van der Waals surface area (Å²) in [5.41, 5.74) is 1.84. The van der Waals surface area contributed by atoms with Gasteiger partial charge in [0.05, 0.1) is 16.3 Å². The zero-order valence-electron chi connectivity index (χ0n) is 12.4. The fourth-order valence-electron chi connectivity index (χ4n) is 1.98. The molecule has 5 heteroatoms. The zero-order valence-corrected chi connectivity index (χ0v) is 14.7. The Hall–Kier alpha value is -1.13. The van der Waals surface area contributed by atoms with Crippen molar-refractivity contribution < 1.29 is 4.74 Å². The van der Waals surface area contributed by atoms with Crippen molar-refractivity contribution in [1.82, 2.24) is 9.97 Å². The number of hydrogen-bond acceptors (Lipinski definition) is 3. The summed E-state index contributed by atoms with van der Waals surface area (Å²) >= 11 is 9.65. The maximum atomic E-state index is 6.20. The minimum Gasteiger partial charge on any atom is -0.491 e. The van der Waals surface area contributed by atoms with Crippen LogP contribution in [0.1, 0.15) is 32.9 Å². The van der Waals surface area contributed by atoms with Crippen molar-refractivity contribution in [2.75, 3.05) is 0 Å². The van der Waals surface area contributed by atoms with Crippen molar-refractivity contribution in [3.8, 4) is 17.1 Å². The summed E-state index contributed by atoms with van der Waals surface area (Å²) in [5, 5.41) is 0.443. The third-order valence-corrected chi connectivity index (χ3v) is 4.17. The second-order valence-corrected chi connectivity index (χ2v) is 6.19. The lowest BCUT2D eigenvalue weighted by Crippen LogP contribution is -2.05. The monoisotopic (exact) mass is 368 g/mol. The van der Waals surface area contributed by atoms with E-state index in [-0.39, 0.29) is 6.10 Å². The zero-order chi connectivity index (χ0) is 15.4. The van der Waals surface area contributed by atoms with Gasteiger partial charge in [0.1, 0.15) is 10.9 Å². The molecule has 2 aromatic rings. The highest BCUT2D eigenvalue weighted by Crippen LogP contribution is 2.29. The molecule has 0 bridgehead atoms. The van der Waals surface area contributed by atoms with Gasteiger partial charge in [0.25, 0.3) is 0 Å². The molecule has 0 spiro atoms. The molecule has 0 saturated heterocycles. The average molecular weight is 370 g/mol. The normalized spacial score (nSPS) is 11.0. The van der Waals surface area contributed by atoms with Crippen molar-refractivity contribution in [1.29, 1.82) is 0 Å². The quantitative estimate of drug-likeness (QED) is 0.671. The molecule has 2 rings (SSSR count). The average Bonchev–Trinajstić information content (AvgIpc) is 2.43.